The highest BCUT2D eigenvalue weighted by molar-refractivity contribution is 7.89. The van der Waals surface area contributed by atoms with Gasteiger partial charge in [0.1, 0.15) is 0 Å². The Morgan fingerprint density at radius 1 is 0.892 bits per heavy atom. The van der Waals surface area contributed by atoms with Crippen molar-refractivity contribution >= 4 is 50.0 Å². The second kappa shape index (κ2) is 9.70. The molecule has 1 fully saturated rings. The molecule has 1 atom stereocenters. The van der Waals surface area contributed by atoms with Gasteiger partial charge >= 0.3 is 0 Å². The number of nitrogens with two attached hydrogens (primary N) is 1. The van der Waals surface area contributed by atoms with E-state index < -0.39 is 17.2 Å². The van der Waals surface area contributed by atoms with Gasteiger partial charge in [-0.3, -0.25) is 4.67 Å². The first-order chi connectivity index (χ1) is 17.6. The Balaban J connectivity index is 1.82. The first kappa shape index (κ1) is 26.2. The van der Waals surface area contributed by atoms with E-state index in [2.05, 4.69) is 79.4 Å². The summed E-state index contributed by atoms with van der Waals surface area (Å²) in [6, 6.07) is 22.3. The largest absolute Gasteiger partial charge is 0.341 e. The van der Waals surface area contributed by atoms with E-state index in [-0.39, 0.29) is 10.1 Å². The van der Waals surface area contributed by atoms with Crippen LogP contribution in [0, 0.1) is 0 Å². The van der Waals surface area contributed by atoms with E-state index in [1.165, 1.54) is 33.5 Å². The highest BCUT2D eigenvalue weighted by Gasteiger charge is 2.41. The molecule has 0 amide bonds. The summed E-state index contributed by atoms with van der Waals surface area (Å²) < 4.78 is 34.3. The van der Waals surface area contributed by atoms with Crippen LogP contribution in [0.15, 0.2) is 76.4 Å². The van der Waals surface area contributed by atoms with E-state index in [4.69, 9.17) is 9.88 Å². The molecule has 2 heterocycles. The Morgan fingerprint density at radius 2 is 1.54 bits per heavy atom. The summed E-state index contributed by atoms with van der Waals surface area (Å²) in [5, 5.41) is 9.02. The Labute approximate surface area is 220 Å². The smallest absolute Gasteiger partial charge is 0.238 e. The summed E-state index contributed by atoms with van der Waals surface area (Å²) in [5.74, 6) is 0. The summed E-state index contributed by atoms with van der Waals surface area (Å²) in [7, 11) is -6.05. The lowest BCUT2D eigenvalue weighted by atomic mass is 10.1. The summed E-state index contributed by atoms with van der Waals surface area (Å²) in [6.07, 6.45) is 3.57. The van der Waals surface area contributed by atoms with Crippen LogP contribution in [-0.4, -0.2) is 35.9 Å². The molecule has 0 radical (unpaired) electrons. The molecule has 37 heavy (non-hydrogen) atoms. The Morgan fingerprint density at radius 3 is 2.16 bits per heavy atom. The standard InChI is InChI=1S/C29H37N4O2PS/c1-5-33-27-12-8-7-11-25(27)26-21-23(15-18-28(26)33)36(29(2,3)4,32-19-9-6-10-20-32)31-22-13-16-24(17-14-22)37(30,34)35/h7-8,11-18,21H,5-6,9-10,19-20H2,1-4H3,(H2,30,34,35)/t36-/m1/s1. The lowest BCUT2D eigenvalue weighted by molar-refractivity contribution is 0.361. The Bertz CT molecular complexity index is 1610. The second-order valence-electron chi connectivity index (χ2n) is 10.9. The van der Waals surface area contributed by atoms with Crippen molar-refractivity contribution in [2.75, 3.05) is 13.1 Å². The number of aromatic nitrogens is 1. The minimum absolute atomic E-state index is 0.109. The number of benzene rings is 3. The van der Waals surface area contributed by atoms with Crippen molar-refractivity contribution in [3.8, 4) is 0 Å². The molecule has 1 saturated heterocycles. The lowest BCUT2D eigenvalue weighted by Gasteiger charge is -2.47. The average molecular weight is 537 g/mol. The van der Waals surface area contributed by atoms with Crippen LogP contribution in [0.4, 0.5) is 5.69 Å². The molecule has 3 aromatic carbocycles. The van der Waals surface area contributed by atoms with Gasteiger partial charge in [-0.25, -0.2) is 18.3 Å². The van der Waals surface area contributed by atoms with E-state index in [0.29, 0.717) is 0 Å². The average Bonchev–Trinajstić information content (AvgIpc) is 3.20. The minimum Gasteiger partial charge on any atom is -0.341 e. The molecule has 4 aromatic rings. The van der Waals surface area contributed by atoms with Crippen LogP contribution < -0.4 is 10.4 Å². The zero-order valence-electron chi connectivity index (χ0n) is 22.2. The molecule has 196 valence electrons. The molecule has 6 nitrogen and oxygen atoms in total. The highest BCUT2D eigenvalue weighted by atomic mass is 32.2. The quantitative estimate of drug-likeness (QED) is 0.284. The normalized spacial score (nSPS) is 17.2. The molecule has 0 spiro atoms. The minimum atomic E-state index is -3.76. The molecule has 0 unspecified atom stereocenters. The van der Waals surface area contributed by atoms with Gasteiger partial charge in [-0.1, -0.05) is 45.4 Å². The Hall–Kier alpha value is -2.44. The van der Waals surface area contributed by atoms with Crippen LogP contribution in [-0.2, 0) is 16.6 Å². The number of hydrogen-bond donors (Lipinski definition) is 1. The molecular formula is C29H37N4O2PS. The van der Waals surface area contributed by atoms with Crippen LogP contribution in [0.3, 0.4) is 0 Å². The van der Waals surface area contributed by atoms with Gasteiger partial charge in [0, 0.05) is 51.9 Å². The SMILES string of the molecule is CCn1c2ccccc2c2cc([P@@](=Nc3ccc(S(N)(=O)=O)cc3)(N3CCCCC3)C(C)(C)C)ccc21. The fraction of sp³-hybridized carbons (Fsp3) is 0.379. The van der Waals surface area contributed by atoms with Gasteiger partial charge < -0.3 is 4.57 Å². The third-order valence-electron chi connectivity index (χ3n) is 7.53. The molecule has 0 bridgehead atoms. The molecule has 1 aromatic heterocycles. The van der Waals surface area contributed by atoms with Crippen molar-refractivity contribution in [1.29, 1.82) is 0 Å². The van der Waals surface area contributed by atoms with Crippen molar-refractivity contribution in [3.63, 3.8) is 0 Å². The molecule has 0 aliphatic carbocycles. The molecule has 5 rings (SSSR count). The van der Waals surface area contributed by atoms with E-state index in [1.54, 1.807) is 24.3 Å². The highest BCUT2D eigenvalue weighted by Crippen LogP contribution is 2.64. The Kier molecular flexibility index (Phi) is 6.86. The fourth-order valence-electron chi connectivity index (χ4n) is 5.86. The maximum Gasteiger partial charge on any atom is 0.238 e. The molecule has 8 heteroatoms. The number of primary sulfonamides is 1. The summed E-state index contributed by atoms with van der Waals surface area (Å²) in [6.45, 7) is 12.0. The monoisotopic (exact) mass is 536 g/mol. The molecule has 0 saturated carbocycles. The predicted octanol–water partition coefficient (Wildman–Crippen LogP) is 6.82. The number of rotatable bonds is 5. The van der Waals surface area contributed by atoms with Gasteiger partial charge in [-0.05, 0) is 68.3 Å². The first-order valence-corrected chi connectivity index (χ1v) is 16.3. The molecule has 1 aliphatic rings. The summed E-state index contributed by atoms with van der Waals surface area (Å²) in [5.41, 5.74) is 3.29. The van der Waals surface area contributed by atoms with Gasteiger partial charge in [-0.2, -0.15) is 0 Å². The third-order valence-corrected chi connectivity index (χ3v) is 13.1. The van der Waals surface area contributed by atoms with Crippen LogP contribution >= 0.6 is 7.21 Å². The van der Waals surface area contributed by atoms with Gasteiger partial charge in [-0.15, -0.1) is 0 Å². The topological polar surface area (TPSA) is 80.7 Å². The molecular weight excluding hydrogens is 499 g/mol. The van der Waals surface area contributed by atoms with E-state index >= 15 is 0 Å². The second-order valence-corrected chi connectivity index (χ2v) is 16.3. The zero-order chi connectivity index (χ0) is 26.4. The molecule has 1 aliphatic heterocycles. The van der Waals surface area contributed by atoms with E-state index in [1.807, 2.05) is 0 Å². The number of hydrogen-bond acceptors (Lipinski definition) is 3. The van der Waals surface area contributed by atoms with Gasteiger partial charge in [0.05, 0.1) is 17.8 Å². The van der Waals surface area contributed by atoms with Gasteiger partial charge in [0.2, 0.25) is 10.0 Å². The van der Waals surface area contributed by atoms with Crippen LogP contribution in [0.5, 0.6) is 0 Å². The predicted molar refractivity (Wildman–Crippen MR) is 157 cm³/mol. The third kappa shape index (κ3) is 4.57. The number of aryl methyl sites for hydroxylation is 1. The zero-order valence-corrected chi connectivity index (χ0v) is 23.9. The number of para-hydroxylation sites is 1. The number of piperidine rings is 1. The van der Waals surface area contributed by atoms with Crippen LogP contribution in [0.2, 0.25) is 0 Å². The van der Waals surface area contributed by atoms with E-state index in [9.17, 15) is 8.42 Å². The van der Waals surface area contributed by atoms with Crippen molar-refractivity contribution < 1.29 is 8.42 Å². The number of sulfonamides is 1. The summed E-state index contributed by atoms with van der Waals surface area (Å²) in [4.78, 5) is 0.109. The van der Waals surface area contributed by atoms with Crippen LogP contribution in [0.1, 0.15) is 47.0 Å². The maximum absolute atomic E-state index is 11.9. The van der Waals surface area contributed by atoms with Crippen molar-refractivity contribution in [3.05, 3.63) is 66.7 Å². The van der Waals surface area contributed by atoms with Crippen LogP contribution in [0.25, 0.3) is 21.8 Å². The first-order valence-electron chi connectivity index (χ1n) is 13.1. The van der Waals surface area contributed by atoms with E-state index in [0.717, 1.165) is 38.2 Å². The number of fused-ring (bicyclic) bond motifs is 3. The van der Waals surface area contributed by atoms with Gasteiger partial charge in [0.25, 0.3) is 0 Å². The summed E-state index contributed by atoms with van der Waals surface area (Å²) >= 11 is 0. The fourth-order valence-corrected chi connectivity index (χ4v) is 10.8. The maximum atomic E-state index is 11.9. The number of nitrogens with zero attached hydrogens (tertiary/aromatic N) is 3. The lowest BCUT2D eigenvalue weighted by Crippen LogP contribution is -2.39. The van der Waals surface area contributed by atoms with Crippen molar-refractivity contribution in [1.82, 2.24) is 9.24 Å². The van der Waals surface area contributed by atoms with Gasteiger partial charge in [0.15, 0.2) is 0 Å². The molecule has 2 N–H and O–H groups in total. The van der Waals surface area contributed by atoms with Crippen molar-refractivity contribution in [2.24, 2.45) is 9.88 Å². The van der Waals surface area contributed by atoms with Crippen molar-refractivity contribution in [2.45, 2.75) is 63.6 Å².